The van der Waals surface area contributed by atoms with Crippen molar-refractivity contribution < 1.29 is 14.0 Å². The fourth-order valence-corrected chi connectivity index (χ4v) is 4.04. The Hall–Kier alpha value is -2.55. The van der Waals surface area contributed by atoms with Crippen molar-refractivity contribution in [1.29, 1.82) is 0 Å². The average Bonchev–Trinajstić information content (AvgIpc) is 3.36. The molecule has 3 amide bonds. The van der Waals surface area contributed by atoms with Crippen LogP contribution in [0.15, 0.2) is 40.6 Å². The van der Waals surface area contributed by atoms with Crippen LogP contribution in [-0.4, -0.2) is 32.5 Å². The molecule has 0 unspecified atom stereocenters. The Morgan fingerprint density at radius 2 is 2.14 bits per heavy atom. The largest absolute Gasteiger partial charge is 0.467 e. The summed E-state index contributed by atoms with van der Waals surface area (Å²) in [6.45, 7) is 4.64. The predicted octanol–water partition coefficient (Wildman–Crippen LogP) is 3.22. The van der Waals surface area contributed by atoms with E-state index in [4.69, 9.17) is 4.42 Å². The summed E-state index contributed by atoms with van der Waals surface area (Å²) in [5.74, 6) is 1.68. The van der Waals surface area contributed by atoms with Gasteiger partial charge in [-0.1, -0.05) is 37.1 Å². The van der Waals surface area contributed by atoms with Gasteiger partial charge in [-0.25, -0.2) is 4.79 Å². The molecule has 0 spiro atoms. The number of furan rings is 1. The van der Waals surface area contributed by atoms with Crippen molar-refractivity contribution in [3.8, 4) is 0 Å². The van der Waals surface area contributed by atoms with Gasteiger partial charge in [0, 0.05) is 12.5 Å². The molecule has 0 saturated heterocycles. The number of imide groups is 1. The van der Waals surface area contributed by atoms with Gasteiger partial charge < -0.3 is 14.3 Å². The SMILES string of the molecule is C=CCn1c(SCC(=O)NC(=O)NCc2ccco2)nnc1C1CCCCC1. The highest BCUT2D eigenvalue weighted by atomic mass is 32.2. The summed E-state index contributed by atoms with van der Waals surface area (Å²) >= 11 is 1.27. The van der Waals surface area contributed by atoms with Crippen molar-refractivity contribution in [1.82, 2.24) is 25.4 Å². The van der Waals surface area contributed by atoms with E-state index in [1.165, 1.54) is 37.3 Å². The van der Waals surface area contributed by atoms with Crippen molar-refractivity contribution in [3.05, 3.63) is 42.6 Å². The van der Waals surface area contributed by atoms with E-state index in [-0.39, 0.29) is 12.3 Å². The van der Waals surface area contributed by atoms with Crippen LogP contribution in [0.4, 0.5) is 4.79 Å². The van der Waals surface area contributed by atoms with Crippen LogP contribution < -0.4 is 10.6 Å². The number of amides is 3. The van der Waals surface area contributed by atoms with E-state index in [9.17, 15) is 9.59 Å². The molecule has 0 bridgehead atoms. The second-order valence-electron chi connectivity index (χ2n) is 6.67. The maximum absolute atomic E-state index is 12.1. The van der Waals surface area contributed by atoms with Gasteiger partial charge in [-0.2, -0.15) is 0 Å². The number of rotatable bonds is 8. The van der Waals surface area contributed by atoms with Gasteiger partial charge in [0.1, 0.15) is 11.6 Å². The average molecular weight is 404 g/mol. The fourth-order valence-electron chi connectivity index (χ4n) is 3.29. The van der Waals surface area contributed by atoms with Crippen LogP contribution in [0.5, 0.6) is 0 Å². The first-order valence-corrected chi connectivity index (χ1v) is 10.4. The first-order chi connectivity index (χ1) is 13.7. The molecule has 2 aromatic heterocycles. The number of carbonyl (C=O) groups is 2. The van der Waals surface area contributed by atoms with E-state index in [2.05, 4.69) is 27.4 Å². The summed E-state index contributed by atoms with van der Waals surface area (Å²) in [5.41, 5.74) is 0. The molecule has 9 heteroatoms. The lowest BCUT2D eigenvalue weighted by Crippen LogP contribution is -2.39. The standard InChI is InChI=1S/C19H25N5O3S/c1-2-10-24-17(14-7-4-3-5-8-14)22-23-19(24)28-13-16(25)21-18(26)20-12-15-9-6-11-27-15/h2,6,9,11,14H,1,3-5,7-8,10,12-13H2,(H2,20,21,25,26). The smallest absolute Gasteiger partial charge is 0.321 e. The Balaban J connectivity index is 1.51. The van der Waals surface area contributed by atoms with Gasteiger partial charge in [-0.05, 0) is 25.0 Å². The summed E-state index contributed by atoms with van der Waals surface area (Å²) in [6, 6.07) is 2.92. The number of urea groups is 1. The quantitative estimate of drug-likeness (QED) is 0.518. The lowest BCUT2D eigenvalue weighted by Gasteiger charge is -2.21. The second-order valence-corrected chi connectivity index (χ2v) is 7.62. The molecule has 1 saturated carbocycles. The minimum atomic E-state index is -0.558. The number of thioether (sulfide) groups is 1. The molecule has 2 aromatic rings. The Morgan fingerprint density at radius 1 is 1.32 bits per heavy atom. The summed E-state index contributed by atoms with van der Waals surface area (Å²) in [5, 5.41) is 14.2. The van der Waals surface area contributed by atoms with Gasteiger partial charge in [-0.15, -0.1) is 16.8 Å². The molecule has 28 heavy (non-hydrogen) atoms. The van der Waals surface area contributed by atoms with Gasteiger partial charge in [0.15, 0.2) is 5.16 Å². The van der Waals surface area contributed by atoms with Gasteiger partial charge >= 0.3 is 6.03 Å². The van der Waals surface area contributed by atoms with Crippen molar-refractivity contribution in [3.63, 3.8) is 0 Å². The number of aromatic nitrogens is 3. The number of nitrogens with one attached hydrogen (secondary N) is 2. The zero-order chi connectivity index (χ0) is 19.8. The molecule has 2 heterocycles. The van der Waals surface area contributed by atoms with Crippen LogP contribution in [0.25, 0.3) is 0 Å². The molecule has 1 fully saturated rings. The molecule has 1 aliphatic carbocycles. The molecule has 2 N–H and O–H groups in total. The van der Waals surface area contributed by atoms with Crippen LogP contribution >= 0.6 is 11.8 Å². The highest BCUT2D eigenvalue weighted by Gasteiger charge is 2.23. The monoisotopic (exact) mass is 403 g/mol. The lowest BCUT2D eigenvalue weighted by molar-refractivity contribution is -0.117. The van der Waals surface area contributed by atoms with Gasteiger partial charge in [-0.3, -0.25) is 10.1 Å². The number of hydrogen-bond acceptors (Lipinski definition) is 6. The van der Waals surface area contributed by atoms with E-state index in [1.807, 2.05) is 10.6 Å². The molecule has 0 radical (unpaired) electrons. The molecular formula is C19H25N5O3S. The van der Waals surface area contributed by atoms with Crippen LogP contribution in [0, 0.1) is 0 Å². The van der Waals surface area contributed by atoms with Crippen molar-refractivity contribution in [2.75, 3.05) is 5.75 Å². The molecule has 8 nitrogen and oxygen atoms in total. The maximum atomic E-state index is 12.1. The summed E-state index contributed by atoms with van der Waals surface area (Å²) < 4.78 is 7.15. The lowest BCUT2D eigenvalue weighted by atomic mass is 9.89. The first-order valence-electron chi connectivity index (χ1n) is 9.44. The second kappa shape index (κ2) is 10.1. The minimum Gasteiger partial charge on any atom is -0.467 e. The van der Waals surface area contributed by atoms with Crippen LogP contribution in [0.3, 0.4) is 0 Å². The summed E-state index contributed by atoms with van der Waals surface area (Å²) in [6.07, 6.45) is 9.27. The normalized spacial score (nSPS) is 14.6. The third-order valence-electron chi connectivity index (χ3n) is 4.62. The van der Waals surface area contributed by atoms with E-state index < -0.39 is 11.9 Å². The van der Waals surface area contributed by atoms with Gasteiger partial charge in [0.25, 0.3) is 0 Å². The number of carbonyl (C=O) groups excluding carboxylic acids is 2. The topological polar surface area (TPSA) is 102 Å². The van der Waals surface area contributed by atoms with Crippen molar-refractivity contribution >= 4 is 23.7 Å². The Morgan fingerprint density at radius 3 is 2.86 bits per heavy atom. The molecular weight excluding hydrogens is 378 g/mol. The van der Waals surface area contributed by atoms with Crippen molar-refractivity contribution in [2.24, 2.45) is 0 Å². The maximum Gasteiger partial charge on any atom is 0.321 e. The van der Waals surface area contributed by atoms with Crippen LogP contribution in [0.2, 0.25) is 0 Å². The zero-order valence-corrected chi connectivity index (χ0v) is 16.5. The first kappa shape index (κ1) is 20.2. The number of nitrogens with zero attached hydrogens (tertiary/aromatic N) is 3. The summed E-state index contributed by atoms with van der Waals surface area (Å²) in [7, 11) is 0. The molecule has 0 aliphatic heterocycles. The number of allylic oxidation sites excluding steroid dienone is 1. The van der Waals surface area contributed by atoms with E-state index in [0.29, 0.717) is 23.4 Å². The Bertz CT molecular complexity index is 797. The van der Waals surface area contributed by atoms with E-state index in [1.54, 1.807) is 12.1 Å². The highest BCUT2D eigenvalue weighted by Crippen LogP contribution is 2.33. The van der Waals surface area contributed by atoms with Gasteiger partial charge in [0.05, 0.1) is 18.6 Å². The molecule has 3 rings (SSSR count). The Labute approximate surface area is 168 Å². The van der Waals surface area contributed by atoms with Gasteiger partial charge in [0.2, 0.25) is 5.91 Å². The minimum absolute atomic E-state index is 0.0775. The Kier molecular flexibility index (Phi) is 7.30. The molecule has 0 atom stereocenters. The molecule has 0 aromatic carbocycles. The predicted molar refractivity (Wildman–Crippen MR) is 106 cm³/mol. The third-order valence-corrected chi connectivity index (χ3v) is 5.58. The molecule has 1 aliphatic rings. The summed E-state index contributed by atoms with van der Waals surface area (Å²) in [4.78, 5) is 23.9. The van der Waals surface area contributed by atoms with Crippen molar-refractivity contribution in [2.45, 2.75) is 56.3 Å². The van der Waals surface area contributed by atoms with Crippen LogP contribution in [-0.2, 0) is 17.9 Å². The van der Waals surface area contributed by atoms with E-state index in [0.717, 1.165) is 18.7 Å². The number of hydrogen-bond donors (Lipinski definition) is 2. The molecule has 150 valence electrons. The highest BCUT2D eigenvalue weighted by molar-refractivity contribution is 7.99. The third kappa shape index (κ3) is 5.48. The van der Waals surface area contributed by atoms with Crippen LogP contribution in [0.1, 0.15) is 49.6 Å². The van der Waals surface area contributed by atoms with E-state index >= 15 is 0 Å². The zero-order valence-electron chi connectivity index (χ0n) is 15.7. The fraction of sp³-hybridized carbons (Fsp3) is 0.474.